The molecule has 1 amide bonds. The average molecular weight is 452 g/mol. The van der Waals surface area contributed by atoms with Crippen LogP contribution in [0.15, 0.2) is 36.4 Å². The fraction of sp³-hybridized carbons (Fsp3) is 0.200. The third-order valence-electron chi connectivity index (χ3n) is 4.48. The molecule has 9 nitrogen and oxygen atoms in total. The minimum atomic E-state index is -4.75. The summed E-state index contributed by atoms with van der Waals surface area (Å²) in [4.78, 5) is 11.2. The second kappa shape index (κ2) is 9.06. The van der Waals surface area contributed by atoms with Gasteiger partial charge in [0.2, 0.25) is 0 Å². The minimum absolute atomic E-state index is 0.0113. The number of halogens is 3. The molecule has 0 atom stereocenters. The van der Waals surface area contributed by atoms with Crippen LogP contribution < -0.4 is 25.5 Å². The van der Waals surface area contributed by atoms with Crippen LogP contribution in [0.1, 0.15) is 5.69 Å². The monoisotopic (exact) mass is 452 g/mol. The number of amides is 1. The lowest BCUT2D eigenvalue weighted by Crippen LogP contribution is -2.34. The normalized spacial score (nSPS) is 11.2. The molecule has 0 saturated heterocycles. The molecule has 0 unspecified atom stereocenters. The highest BCUT2D eigenvalue weighted by atomic mass is 19.4. The number of aromatic hydroxyl groups is 1. The maximum atomic E-state index is 13.7. The first kappa shape index (κ1) is 22.7. The van der Waals surface area contributed by atoms with Crippen molar-refractivity contribution in [3.05, 3.63) is 42.1 Å². The maximum absolute atomic E-state index is 13.7. The predicted octanol–water partition coefficient (Wildman–Crippen LogP) is 2.85. The van der Waals surface area contributed by atoms with Gasteiger partial charge in [0.25, 0.3) is 5.91 Å². The van der Waals surface area contributed by atoms with E-state index in [1.807, 2.05) is 10.5 Å². The zero-order chi connectivity index (χ0) is 23.5. The largest absolute Gasteiger partial charge is 0.507 e. The molecule has 32 heavy (non-hydrogen) atoms. The van der Waals surface area contributed by atoms with E-state index in [0.717, 1.165) is 6.07 Å². The molecule has 0 fully saturated rings. The van der Waals surface area contributed by atoms with Crippen LogP contribution in [0.2, 0.25) is 0 Å². The van der Waals surface area contributed by atoms with E-state index in [9.17, 15) is 23.1 Å². The van der Waals surface area contributed by atoms with E-state index in [4.69, 9.17) is 20.1 Å². The SMILES string of the molecule is COc1ccc(-c2c(-c3ccc(OCC(=O)NN)cc3O)n[nH]c2C(F)(F)F)cc1OC. The van der Waals surface area contributed by atoms with Crippen LogP contribution in [0.5, 0.6) is 23.0 Å². The quantitative estimate of drug-likeness (QED) is 0.246. The third-order valence-corrected chi connectivity index (χ3v) is 4.48. The van der Waals surface area contributed by atoms with E-state index in [0.29, 0.717) is 5.75 Å². The summed E-state index contributed by atoms with van der Waals surface area (Å²) in [7, 11) is 2.76. The van der Waals surface area contributed by atoms with Gasteiger partial charge in [-0.05, 0) is 29.8 Å². The second-order valence-corrected chi connectivity index (χ2v) is 6.42. The highest BCUT2D eigenvalue weighted by Gasteiger charge is 2.38. The van der Waals surface area contributed by atoms with Crippen LogP contribution in [0, 0.1) is 0 Å². The number of phenolic OH excluding ortho intramolecular Hbond substituents is 1. The third kappa shape index (κ3) is 4.54. The number of benzene rings is 2. The average Bonchev–Trinajstić information content (AvgIpc) is 3.22. The van der Waals surface area contributed by atoms with Gasteiger partial charge < -0.3 is 19.3 Å². The Labute approximate surface area is 179 Å². The van der Waals surface area contributed by atoms with Gasteiger partial charge in [0.05, 0.1) is 14.2 Å². The number of alkyl halides is 3. The second-order valence-electron chi connectivity index (χ2n) is 6.42. The van der Waals surface area contributed by atoms with Crippen molar-refractivity contribution in [1.82, 2.24) is 15.6 Å². The molecule has 0 aliphatic carbocycles. The van der Waals surface area contributed by atoms with Crippen molar-refractivity contribution < 1.29 is 37.3 Å². The summed E-state index contributed by atoms with van der Waals surface area (Å²) in [5.74, 6) is 4.61. The number of nitrogens with two attached hydrogens (primary N) is 1. The van der Waals surface area contributed by atoms with E-state index >= 15 is 0 Å². The molecule has 170 valence electrons. The smallest absolute Gasteiger partial charge is 0.433 e. The van der Waals surface area contributed by atoms with E-state index in [1.54, 1.807) is 0 Å². The van der Waals surface area contributed by atoms with Gasteiger partial charge in [0, 0.05) is 17.2 Å². The van der Waals surface area contributed by atoms with Crippen LogP contribution in [0.25, 0.3) is 22.4 Å². The summed E-state index contributed by atoms with van der Waals surface area (Å²) < 4.78 is 56.6. The number of phenols is 1. The first-order valence-corrected chi connectivity index (χ1v) is 9.03. The Kier molecular flexibility index (Phi) is 6.44. The first-order chi connectivity index (χ1) is 15.2. The van der Waals surface area contributed by atoms with Crippen molar-refractivity contribution in [2.24, 2.45) is 5.84 Å². The maximum Gasteiger partial charge on any atom is 0.433 e. The summed E-state index contributed by atoms with van der Waals surface area (Å²) in [6.07, 6.45) is -4.75. The molecule has 0 spiro atoms. The van der Waals surface area contributed by atoms with Crippen LogP contribution in [-0.2, 0) is 11.0 Å². The number of aromatic amines is 1. The Morgan fingerprint density at radius 1 is 1.16 bits per heavy atom. The zero-order valence-corrected chi connectivity index (χ0v) is 16.9. The fourth-order valence-electron chi connectivity index (χ4n) is 3.01. The summed E-state index contributed by atoms with van der Waals surface area (Å²) >= 11 is 0. The van der Waals surface area contributed by atoms with Crippen molar-refractivity contribution in [2.45, 2.75) is 6.18 Å². The molecule has 0 aliphatic heterocycles. The summed E-state index contributed by atoms with van der Waals surface area (Å²) in [5, 5.41) is 16.3. The highest BCUT2D eigenvalue weighted by molar-refractivity contribution is 5.86. The lowest BCUT2D eigenvalue weighted by molar-refractivity contribution is -0.140. The van der Waals surface area contributed by atoms with E-state index in [2.05, 4.69) is 5.10 Å². The molecule has 0 bridgehead atoms. The number of hydrogen-bond donors (Lipinski definition) is 4. The number of carbonyl (C=O) groups excluding carboxylic acids is 1. The van der Waals surface area contributed by atoms with Gasteiger partial charge in [0.15, 0.2) is 18.1 Å². The van der Waals surface area contributed by atoms with Crippen molar-refractivity contribution in [3.8, 4) is 45.4 Å². The molecule has 5 N–H and O–H groups in total. The van der Waals surface area contributed by atoms with E-state index in [1.165, 1.54) is 44.6 Å². The highest BCUT2D eigenvalue weighted by Crippen LogP contribution is 2.45. The number of H-pyrrole nitrogens is 1. The molecule has 12 heteroatoms. The van der Waals surface area contributed by atoms with Gasteiger partial charge in [-0.1, -0.05) is 6.07 Å². The number of hydrogen-bond acceptors (Lipinski definition) is 7. The lowest BCUT2D eigenvalue weighted by atomic mass is 9.97. The molecule has 0 saturated carbocycles. The van der Waals surface area contributed by atoms with E-state index < -0.39 is 30.1 Å². The Morgan fingerprint density at radius 2 is 1.88 bits per heavy atom. The lowest BCUT2D eigenvalue weighted by Gasteiger charge is -2.13. The van der Waals surface area contributed by atoms with Crippen molar-refractivity contribution >= 4 is 5.91 Å². The molecule has 1 heterocycles. The first-order valence-electron chi connectivity index (χ1n) is 9.03. The Bertz CT molecular complexity index is 1130. The zero-order valence-electron chi connectivity index (χ0n) is 16.9. The summed E-state index contributed by atoms with van der Waals surface area (Å²) in [6, 6.07) is 8.11. The molecule has 3 rings (SSSR count). The van der Waals surface area contributed by atoms with Gasteiger partial charge in [-0.15, -0.1) is 0 Å². The van der Waals surface area contributed by atoms with Crippen molar-refractivity contribution in [1.29, 1.82) is 0 Å². The number of hydrazine groups is 1. The van der Waals surface area contributed by atoms with Crippen LogP contribution in [-0.4, -0.2) is 42.0 Å². The number of carbonyl (C=O) groups is 1. The number of nitrogens with one attached hydrogen (secondary N) is 2. The molecule has 0 radical (unpaired) electrons. The standard InChI is InChI=1S/C20H19F3N4O5/c1-30-14-6-3-10(7-15(14)31-2)17-18(26-27-19(17)20(21,22)23)12-5-4-11(8-13(12)28)32-9-16(29)25-24/h3-8,28H,9,24H2,1-2H3,(H,25,29)(H,26,27). The van der Waals surface area contributed by atoms with Gasteiger partial charge >= 0.3 is 6.18 Å². The van der Waals surface area contributed by atoms with Gasteiger partial charge in [-0.2, -0.15) is 18.3 Å². The molecule has 0 aliphatic rings. The molecule has 1 aromatic heterocycles. The fourth-order valence-corrected chi connectivity index (χ4v) is 3.01. The Morgan fingerprint density at radius 3 is 2.47 bits per heavy atom. The molecule has 2 aromatic carbocycles. The molecular weight excluding hydrogens is 433 g/mol. The van der Waals surface area contributed by atoms with Gasteiger partial charge in [-0.25, -0.2) is 5.84 Å². The summed E-state index contributed by atoms with van der Waals surface area (Å²) in [5.41, 5.74) is 0.499. The van der Waals surface area contributed by atoms with Gasteiger partial charge in [-0.3, -0.25) is 15.3 Å². The predicted molar refractivity (Wildman–Crippen MR) is 107 cm³/mol. The number of methoxy groups -OCH3 is 2. The molecule has 3 aromatic rings. The van der Waals surface area contributed by atoms with E-state index in [-0.39, 0.29) is 33.9 Å². The number of rotatable bonds is 7. The van der Waals surface area contributed by atoms with Crippen LogP contribution >= 0.6 is 0 Å². The van der Waals surface area contributed by atoms with Crippen LogP contribution in [0.4, 0.5) is 13.2 Å². The van der Waals surface area contributed by atoms with Crippen LogP contribution in [0.3, 0.4) is 0 Å². The van der Waals surface area contributed by atoms with Crippen molar-refractivity contribution in [3.63, 3.8) is 0 Å². The number of ether oxygens (including phenoxy) is 3. The Hall–Kier alpha value is -3.93. The molecular formula is C20H19F3N4O5. The summed E-state index contributed by atoms with van der Waals surface area (Å²) in [6.45, 7) is -0.410. The minimum Gasteiger partial charge on any atom is -0.507 e. The number of nitrogens with zero attached hydrogens (tertiary/aromatic N) is 1. The number of aromatic nitrogens is 2. The Balaban J connectivity index is 2.11. The van der Waals surface area contributed by atoms with Crippen molar-refractivity contribution in [2.75, 3.05) is 20.8 Å². The topological polar surface area (TPSA) is 132 Å². The van der Waals surface area contributed by atoms with Gasteiger partial charge in [0.1, 0.15) is 22.9 Å².